The highest BCUT2D eigenvalue weighted by atomic mass is 32.1. The van der Waals surface area contributed by atoms with Crippen LogP contribution in [0.1, 0.15) is 5.82 Å². The first kappa shape index (κ1) is 13.8. The number of alkyl halides is 3. The molecule has 0 aliphatic rings. The molecule has 0 saturated heterocycles. The minimum absolute atomic E-state index is 0.0218. The van der Waals surface area contributed by atoms with Crippen LogP contribution in [-0.2, 0) is 11.2 Å². The van der Waals surface area contributed by atoms with Crippen LogP contribution in [0.2, 0.25) is 0 Å². The fourth-order valence-electron chi connectivity index (χ4n) is 1.26. The lowest BCUT2D eigenvalue weighted by Crippen LogP contribution is -2.18. The number of aromatic hydroxyl groups is 1. The molecule has 5 nitrogen and oxygen atoms in total. The van der Waals surface area contributed by atoms with Crippen LogP contribution in [-0.4, -0.2) is 34.6 Å². The van der Waals surface area contributed by atoms with E-state index in [2.05, 4.69) is 14.9 Å². The van der Waals surface area contributed by atoms with Crippen molar-refractivity contribution in [3.8, 4) is 16.5 Å². The zero-order valence-electron chi connectivity index (χ0n) is 9.48. The monoisotopic (exact) mass is 294 g/mol. The average Bonchev–Trinajstić information content (AvgIpc) is 2.91. The molecule has 0 amide bonds. The van der Waals surface area contributed by atoms with Crippen molar-refractivity contribution in [2.45, 2.75) is 12.6 Å². The molecule has 19 heavy (non-hydrogen) atoms. The second-order valence-corrected chi connectivity index (χ2v) is 4.48. The van der Waals surface area contributed by atoms with Gasteiger partial charge in [-0.3, -0.25) is 0 Å². The van der Waals surface area contributed by atoms with Gasteiger partial charge in [0.05, 0.1) is 6.61 Å². The summed E-state index contributed by atoms with van der Waals surface area (Å²) < 4.78 is 44.8. The predicted octanol–water partition coefficient (Wildman–Crippen LogP) is 2.63. The molecule has 0 atom stereocenters. The number of thiophene rings is 1. The molecule has 0 radical (unpaired) electrons. The highest BCUT2D eigenvalue weighted by Crippen LogP contribution is 2.33. The van der Waals surface area contributed by atoms with Gasteiger partial charge in [-0.15, -0.1) is 11.3 Å². The molecule has 0 aliphatic carbocycles. The van der Waals surface area contributed by atoms with E-state index in [0.717, 1.165) is 0 Å². The molecule has 0 spiro atoms. The quantitative estimate of drug-likeness (QED) is 0.858. The third-order valence-corrected chi connectivity index (χ3v) is 2.93. The molecule has 0 aliphatic heterocycles. The molecule has 0 aromatic carbocycles. The average molecular weight is 294 g/mol. The molecule has 2 aromatic heterocycles. The molecular weight excluding hydrogens is 285 g/mol. The predicted molar refractivity (Wildman–Crippen MR) is 59.9 cm³/mol. The maximum Gasteiger partial charge on any atom is 0.411 e. The van der Waals surface area contributed by atoms with Crippen molar-refractivity contribution >= 4 is 11.3 Å². The van der Waals surface area contributed by atoms with E-state index in [0.29, 0.717) is 4.88 Å². The van der Waals surface area contributed by atoms with E-state index in [4.69, 9.17) is 4.52 Å². The van der Waals surface area contributed by atoms with Gasteiger partial charge in [0.1, 0.15) is 17.2 Å². The highest BCUT2D eigenvalue weighted by molar-refractivity contribution is 7.13. The van der Waals surface area contributed by atoms with Gasteiger partial charge in [0.2, 0.25) is 0 Å². The van der Waals surface area contributed by atoms with Crippen molar-refractivity contribution in [1.29, 1.82) is 0 Å². The van der Waals surface area contributed by atoms with Gasteiger partial charge in [-0.05, 0) is 11.4 Å². The summed E-state index contributed by atoms with van der Waals surface area (Å²) in [4.78, 5) is 4.38. The molecule has 0 saturated carbocycles. The molecule has 2 heterocycles. The van der Waals surface area contributed by atoms with E-state index in [1.165, 1.54) is 17.4 Å². The lowest BCUT2D eigenvalue weighted by molar-refractivity contribution is -0.173. The molecule has 2 rings (SSSR count). The van der Waals surface area contributed by atoms with Gasteiger partial charge in [-0.2, -0.15) is 18.2 Å². The Morgan fingerprint density at radius 1 is 1.42 bits per heavy atom. The SMILES string of the molecule is Oc1ccsc1-c1nc(CCOCC(F)(F)F)no1. The summed E-state index contributed by atoms with van der Waals surface area (Å²) in [6, 6.07) is 1.48. The van der Waals surface area contributed by atoms with E-state index >= 15 is 0 Å². The van der Waals surface area contributed by atoms with E-state index in [1.807, 2.05) is 0 Å². The van der Waals surface area contributed by atoms with E-state index < -0.39 is 12.8 Å². The van der Waals surface area contributed by atoms with Crippen LogP contribution in [0.4, 0.5) is 13.2 Å². The Bertz CT molecular complexity index is 538. The molecule has 9 heteroatoms. The molecule has 0 bridgehead atoms. The summed E-state index contributed by atoms with van der Waals surface area (Å²) in [6.45, 7) is -1.46. The number of hydrogen-bond acceptors (Lipinski definition) is 6. The van der Waals surface area contributed by atoms with E-state index in [1.54, 1.807) is 5.38 Å². The molecule has 2 aromatic rings. The number of hydrogen-bond donors (Lipinski definition) is 1. The zero-order valence-corrected chi connectivity index (χ0v) is 10.3. The first-order valence-corrected chi connectivity index (χ1v) is 6.07. The Balaban J connectivity index is 1.87. The van der Waals surface area contributed by atoms with Crippen molar-refractivity contribution in [2.75, 3.05) is 13.2 Å². The van der Waals surface area contributed by atoms with Crippen LogP contribution in [0.3, 0.4) is 0 Å². The molecule has 0 fully saturated rings. The van der Waals surface area contributed by atoms with Gasteiger partial charge in [-0.1, -0.05) is 5.16 Å². The Labute approximate surface area is 109 Å². The van der Waals surface area contributed by atoms with Gasteiger partial charge >= 0.3 is 6.18 Å². The van der Waals surface area contributed by atoms with E-state index in [9.17, 15) is 18.3 Å². The summed E-state index contributed by atoms with van der Waals surface area (Å²) in [6.07, 6.45) is -4.24. The summed E-state index contributed by atoms with van der Waals surface area (Å²) in [7, 11) is 0. The van der Waals surface area contributed by atoms with Crippen LogP contribution in [0.5, 0.6) is 5.75 Å². The van der Waals surface area contributed by atoms with Crippen LogP contribution in [0, 0.1) is 0 Å². The Morgan fingerprint density at radius 2 is 2.21 bits per heavy atom. The topological polar surface area (TPSA) is 68.4 Å². The molecule has 1 N–H and O–H groups in total. The van der Waals surface area contributed by atoms with Gasteiger partial charge in [-0.25, -0.2) is 0 Å². The van der Waals surface area contributed by atoms with Crippen molar-refractivity contribution < 1.29 is 27.5 Å². The van der Waals surface area contributed by atoms with Gasteiger partial charge in [0.15, 0.2) is 5.82 Å². The van der Waals surface area contributed by atoms with Crippen molar-refractivity contribution in [1.82, 2.24) is 10.1 Å². The third-order valence-electron chi connectivity index (χ3n) is 2.04. The fourth-order valence-corrected chi connectivity index (χ4v) is 1.97. The summed E-state index contributed by atoms with van der Waals surface area (Å²) >= 11 is 1.22. The number of ether oxygens (including phenoxy) is 1. The van der Waals surface area contributed by atoms with Crippen LogP contribution < -0.4 is 0 Å². The molecule has 104 valence electrons. The first-order chi connectivity index (χ1) is 8.96. The van der Waals surface area contributed by atoms with Crippen LogP contribution in [0.25, 0.3) is 10.8 Å². The van der Waals surface area contributed by atoms with Crippen molar-refractivity contribution in [3.05, 3.63) is 17.3 Å². The minimum Gasteiger partial charge on any atom is -0.506 e. The van der Waals surface area contributed by atoms with E-state index in [-0.39, 0.29) is 30.5 Å². The second-order valence-electron chi connectivity index (χ2n) is 3.57. The molecule has 0 unspecified atom stereocenters. The van der Waals surface area contributed by atoms with Gasteiger partial charge < -0.3 is 14.4 Å². The minimum atomic E-state index is -4.34. The Kier molecular flexibility index (Phi) is 4.05. The highest BCUT2D eigenvalue weighted by Gasteiger charge is 2.27. The first-order valence-electron chi connectivity index (χ1n) is 5.19. The van der Waals surface area contributed by atoms with Gasteiger partial charge in [0.25, 0.3) is 5.89 Å². The van der Waals surface area contributed by atoms with Crippen LogP contribution >= 0.6 is 11.3 Å². The third kappa shape index (κ3) is 3.93. The van der Waals surface area contributed by atoms with Crippen LogP contribution in [0.15, 0.2) is 16.0 Å². The standard InChI is InChI=1S/C10H9F3N2O3S/c11-10(12,13)5-17-3-1-7-14-9(18-15-7)8-6(16)2-4-19-8/h2,4,16H,1,3,5H2. The number of rotatable bonds is 5. The Morgan fingerprint density at radius 3 is 2.84 bits per heavy atom. The lowest BCUT2D eigenvalue weighted by atomic mass is 10.4. The summed E-state index contributed by atoms with van der Waals surface area (Å²) in [5.41, 5.74) is 0. The number of nitrogens with zero attached hydrogens (tertiary/aromatic N) is 2. The zero-order chi connectivity index (χ0) is 13.9. The Hall–Kier alpha value is -1.61. The maximum absolute atomic E-state index is 11.8. The largest absolute Gasteiger partial charge is 0.506 e. The summed E-state index contributed by atoms with van der Waals surface area (Å²) in [5.74, 6) is 0.386. The number of halogens is 3. The summed E-state index contributed by atoms with van der Waals surface area (Å²) in [5, 5.41) is 14.7. The fraction of sp³-hybridized carbons (Fsp3) is 0.400. The van der Waals surface area contributed by atoms with Gasteiger partial charge in [0, 0.05) is 6.42 Å². The molecular formula is C10H9F3N2O3S. The maximum atomic E-state index is 11.8. The normalized spacial score (nSPS) is 11.9. The second kappa shape index (κ2) is 5.57. The van der Waals surface area contributed by atoms with Crippen molar-refractivity contribution in [3.63, 3.8) is 0 Å². The van der Waals surface area contributed by atoms with Crippen molar-refractivity contribution in [2.24, 2.45) is 0 Å². The smallest absolute Gasteiger partial charge is 0.411 e. The number of aromatic nitrogens is 2. The lowest BCUT2D eigenvalue weighted by Gasteiger charge is -2.05.